The van der Waals surface area contributed by atoms with Crippen molar-refractivity contribution in [3.8, 4) is 17.2 Å². The van der Waals surface area contributed by atoms with E-state index in [2.05, 4.69) is 19.2 Å². The van der Waals surface area contributed by atoms with Crippen molar-refractivity contribution in [3.63, 3.8) is 0 Å². The SMILES string of the molecule is CCCCCOc1ccc(C(=O)Oc2ccc(C(=O)Nc3ccc(OCCCC)cc3)cc2)cc1. The Labute approximate surface area is 207 Å². The standard InChI is InChI=1S/C29H33NO5/c1-3-5-7-21-34-25-14-10-23(11-15-25)29(32)35-27-16-8-22(9-17-27)28(31)30-24-12-18-26(19-13-24)33-20-6-4-2/h8-19H,3-7,20-21H2,1-2H3,(H,30,31). The van der Waals surface area contributed by atoms with E-state index in [9.17, 15) is 9.59 Å². The molecule has 0 saturated heterocycles. The monoisotopic (exact) mass is 475 g/mol. The van der Waals surface area contributed by atoms with Crippen LogP contribution in [0.15, 0.2) is 72.8 Å². The van der Waals surface area contributed by atoms with Crippen LogP contribution < -0.4 is 19.5 Å². The number of ether oxygens (including phenoxy) is 3. The molecule has 0 radical (unpaired) electrons. The predicted octanol–water partition coefficient (Wildman–Crippen LogP) is 6.91. The number of esters is 1. The number of anilines is 1. The van der Waals surface area contributed by atoms with Gasteiger partial charge in [0.1, 0.15) is 17.2 Å². The van der Waals surface area contributed by atoms with E-state index in [4.69, 9.17) is 14.2 Å². The van der Waals surface area contributed by atoms with Crippen LogP contribution in [0.2, 0.25) is 0 Å². The summed E-state index contributed by atoms with van der Waals surface area (Å²) in [7, 11) is 0. The summed E-state index contributed by atoms with van der Waals surface area (Å²) in [6, 6.07) is 20.6. The maximum atomic E-state index is 12.5. The molecule has 1 amide bonds. The van der Waals surface area contributed by atoms with E-state index < -0.39 is 5.97 Å². The quantitative estimate of drug-likeness (QED) is 0.165. The molecule has 0 fully saturated rings. The lowest BCUT2D eigenvalue weighted by atomic mass is 10.2. The van der Waals surface area contributed by atoms with E-state index in [-0.39, 0.29) is 5.91 Å². The lowest BCUT2D eigenvalue weighted by molar-refractivity contribution is 0.0734. The van der Waals surface area contributed by atoms with Crippen molar-refractivity contribution < 1.29 is 23.8 Å². The normalized spacial score (nSPS) is 10.5. The molecule has 1 N–H and O–H groups in total. The molecule has 0 aromatic heterocycles. The second-order valence-corrected chi connectivity index (χ2v) is 8.17. The first-order valence-corrected chi connectivity index (χ1v) is 12.2. The third-order valence-electron chi connectivity index (χ3n) is 5.31. The van der Waals surface area contributed by atoms with Gasteiger partial charge in [0.05, 0.1) is 18.8 Å². The molecule has 3 rings (SSSR count). The molecular weight excluding hydrogens is 442 g/mol. The van der Waals surface area contributed by atoms with Gasteiger partial charge >= 0.3 is 5.97 Å². The van der Waals surface area contributed by atoms with Gasteiger partial charge in [0.25, 0.3) is 5.91 Å². The van der Waals surface area contributed by atoms with E-state index in [0.29, 0.717) is 35.8 Å². The summed E-state index contributed by atoms with van der Waals surface area (Å²) in [5, 5.41) is 2.85. The minimum atomic E-state index is -0.471. The van der Waals surface area contributed by atoms with E-state index in [1.54, 1.807) is 60.7 Å². The maximum Gasteiger partial charge on any atom is 0.343 e. The van der Waals surface area contributed by atoms with Crippen molar-refractivity contribution >= 4 is 17.6 Å². The molecule has 0 heterocycles. The first-order valence-electron chi connectivity index (χ1n) is 12.2. The molecule has 0 atom stereocenters. The summed E-state index contributed by atoms with van der Waals surface area (Å²) >= 11 is 0. The fraction of sp³-hybridized carbons (Fsp3) is 0.310. The van der Waals surface area contributed by atoms with Gasteiger partial charge in [-0.15, -0.1) is 0 Å². The molecule has 0 unspecified atom stereocenters. The Hall–Kier alpha value is -3.80. The van der Waals surface area contributed by atoms with Crippen LogP contribution in [0.1, 0.15) is 66.7 Å². The van der Waals surface area contributed by atoms with Gasteiger partial charge in [-0.2, -0.15) is 0 Å². The van der Waals surface area contributed by atoms with Crippen molar-refractivity contribution in [1.29, 1.82) is 0 Å². The van der Waals surface area contributed by atoms with Crippen LogP contribution in [-0.2, 0) is 0 Å². The minimum Gasteiger partial charge on any atom is -0.494 e. The third-order valence-corrected chi connectivity index (χ3v) is 5.31. The fourth-order valence-corrected chi connectivity index (χ4v) is 3.24. The molecule has 6 heteroatoms. The van der Waals surface area contributed by atoms with Crippen molar-refractivity contribution in [2.45, 2.75) is 46.0 Å². The zero-order valence-electron chi connectivity index (χ0n) is 20.4. The van der Waals surface area contributed by atoms with Gasteiger partial charge in [0, 0.05) is 11.3 Å². The molecule has 0 aliphatic rings. The Bertz CT molecular complexity index is 1060. The highest BCUT2D eigenvalue weighted by Gasteiger charge is 2.11. The summed E-state index contributed by atoms with van der Waals surface area (Å²) in [6.07, 6.45) is 5.36. The summed E-state index contributed by atoms with van der Waals surface area (Å²) < 4.78 is 16.7. The summed E-state index contributed by atoms with van der Waals surface area (Å²) in [6.45, 7) is 5.60. The summed E-state index contributed by atoms with van der Waals surface area (Å²) in [4.78, 5) is 25.0. The fourth-order valence-electron chi connectivity index (χ4n) is 3.24. The average Bonchev–Trinajstić information content (AvgIpc) is 2.88. The van der Waals surface area contributed by atoms with Crippen molar-refractivity contribution in [1.82, 2.24) is 0 Å². The topological polar surface area (TPSA) is 73.9 Å². The van der Waals surface area contributed by atoms with Gasteiger partial charge in [-0.3, -0.25) is 4.79 Å². The van der Waals surface area contributed by atoms with Crippen LogP contribution >= 0.6 is 0 Å². The predicted molar refractivity (Wildman–Crippen MR) is 138 cm³/mol. The minimum absolute atomic E-state index is 0.253. The third kappa shape index (κ3) is 8.49. The lowest BCUT2D eigenvalue weighted by Crippen LogP contribution is -2.12. The van der Waals surface area contributed by atoms with Gasteiger partial charge in [0.2, 0.25) is 0 Å². The smallest absolute Gasteiger partial charge is 0.343 e. The zero-order chi connectivity index (χ0) is 24.9. The number of unbranched alkanes of at least 4 members (excludes halogenated alkanes) is 3. The van der Waals surface area contributed by atoms with Crippen LogP contribution in [0.4, 0.5) is 5.69 Å². The van der Waals surface area contributed by atoms with Gasteiger partial charge in [-0.25, -0.2) is 4.79 Å². The van der Waals surface area contributed by atoms with Crippen LogP contribution in [0.3, 0.4) is 0 Å². The summed E-state index contributed by atoms with van der Waals surface area (Å²) in [5.41, 5.74) is 1.55. The molecule has 0 aliphatic carbocycles. The van der Waals surface area contributed by atoms with Gasteiger partial charge in [0.15, 0.2) is 0 Å². The van der Waals surface area contributed by atoms with Crippen molar-refractivity contribution in [2.24, 2.45) is 0 Å². The molecule has 0 bridgehead atoms. The lowest BCUT2D eigenvalue weighted by Gasteiger charge is -2.09. The van der Waals surface area contributed by atoms with Crippen LogP contribution in [0.5, 0.6) is 17.2 Å². The highest BCUT2D eigenvalue weighted by molar-refractivity contribution is 6.04. The van der Waals surface area contributed by atoms with Gasteiger partial charge in [-0.05, 0) is 85.6 Å². The van der Waals surface area contributed by atoms with E-state index in [1.165, 1.54) is 0 Å². The second-order valence-electron chi connectivity index (χ2n) is 8.17. The molecule has 0 saturated carbocycles. The molecule has 184 valence electrons. The summed E-state index contributed by atoms with van der Waals surface area (Å²) in [5.74, 6) is 1.14. The highest BCUT2D eigenvalue weighted by Crippen LogP contribution is 2.19. The van der Waals surface area contributed by atoms with Crippen LogP contribution in [0.25, 0.3) is 0 Å². The Morgan fingerprint density at radius 2 is 1.14 bits per heavy atom. The average molecular weight is 476 g/mol. The number of carbonyl (C=O) groups is 2. The Morgan fingerprint density at radius 3 is 1.74 bits per heavy atom. The largest absolute Gasteiger partial charge is 0.494 e. The Balaban J connectivity index is 1.49. The number of benzene rings is 3. The van der Waals surface area contributed by atoms with Crippen molar-refractivity contribution in [2.75, 3.05) is 18.5 Å². The first-order chi connectivity index (χ1) is 17.1. The molecule has 6 nitrogen and oxygen atoms in total. The maximum absolute atomic E-state index is 12.5. The Kier molecular flexibility index (Phi) is 10.2. The highest BCUT2D eigenvalue weighted by atomic mass is 16.5. The number of amides is 1. The molecular formula is C29H33NO5. The number of carbonyl (C=O) groups excluding carboxylic acids is 2. The van der Waals surface area contributed by atoms with Gasteiger partial charge in [-0.1, -0.05) is 33.1 Å². The zero-order valence-corrected chi connectivity index (χ0v) is 20.4. The number of hydrogen-bond donors (Lipinski definition) is 1. The molecule has 35 heavy (non-hydrogen) atoms. The number of rotatable bonds is 13. The van der Waals surface area contributed by atoms with E-state index >= 15 is 0 Å². The second kappa shape index (κ2) is 13.8. The molecule has 0 aliphatic heterocycles. The Morgan fingerprint density at radius 1 is 0.629 bits per heavy atom. The van der Waals surface area contributed by atoms with Crippen LogP contribution in [-0.4, -0.2) is 25.1 Å². The van der Waals surface area contributed by atoms with Crippen molar-refractivity contribution in [3.05, 3.63) is 83.9 Å². The molecule has 3 aromatic carbocycles. The van der Waals surface area contributed by atoms with E-state index in [0.717, 1.165) is 43.6 Å². The first kappa shape index (κ1) is 25.8. The molecule has 0 spiro atoms. The van der Waals surface area contributed by atoms with Crippen LogP contribution in [0, 0.1) is 0 Å². The van der Waals surface area contributed by atoms with E-state index in [1.807, 2.05) is 12.1 Å². The number of hydrogen-bond acceptors (Lipinski definition) is 5. The van der Waals surface area contributed by atoms with Gasteiger partial charge < -0.3 is 19.5 Å². The number of nitrogens with one attached hydrogen (secondary N) is 1. The molecule has 3 aromatic rings.